The second-order valence-corrected chi connectivity index (χ2v) is 2.35. The molecule has 2 unspecified atom stereocenters. The largest absolute Gasteiger partial charge is 0.464 e. The molecule has 0 amide bonds. The van der Waals surface area contributed by atoms with Gasteiger partial charge in [-0.25, -0.2) is 0 Å². The zero-order valence-electron chi connectivity index (χ0n) is 5.83. The Morgan fingerprint density at radius 3 is 3.00 bits per heavy atom. The van der Waals surface area contributed by atoms with Crippen molar-refractivity contribution in [3.8, 4) is 0 Å². The lowest BCUT2D eigenvalue weighted by atomic mass is 10.2. The molecule has 1 aliphatic rings. The molecule has 0 radical (unpaired) electrons. The van der Waals surface area contributed by atoms with Crippen molar-refractivity contribution in [2.45, 2.75) is 25.6 Å². The van der Waals surface area contributed by atoms with Gasteiger partial charge in [0.05, 0.1) is 6.61 Å². The van der Waals surface area contributed by atoms with E-state index in [0.29, 0.717) is 13.0 Å². The Bertz CT molecular complexity index is 135. The molecule has 0 spiro atoms. The first-order valence-corrected chi connectivity index (χ1v) is 3.31. The molecule has 4 nitrogen and oxygen atoms in total. The topological polar surface area (TPSA) is 58.6 Å². The summed E-state index contributed by atoms with van der Waals surface area (Å²) in [6, 6.07) is -0.306. The Morgan fingerprint density at radius 2 is 2.60 bits per heavy atom. The molecule has 0 aliphatic carbocycles. The molecular weight excluding hydrogens is 134 g/mol. The first-order chi connectivity index (χ1) is 4.70. The summed E-state index contributed by atoms with van der Waals surface area (Å²) in [7, 11) is 0. The van der Waals surface area contributed by atoms with Gasteiger partial charge in [0.2, 0.25) is 0 Å². The van der Waals surface area contributed by atoms with Crippen LogP contribution in [0.1, 0.15) is 13.3 Å². The van der Waals surface area contributed by atoms with Crippen molar-refractivity contribution >= 4 is 5.97 Å². The van der Waals surface area contributed by atoms with Crippen LogP contribution >= 0.6 is 0 Å². The van der Waals surface area contributed by atoms with Gasteiger partial charge in [-0.2, -0.15) is 0 Å². The molecule has 4 heteroatoms. The van der Waals surface area contributed by atoms with Gasteiger partial charge in [-0.05, 0) is 6.92 Å². The van der Waals surface area contributed by atoms with Gasteiger partial charge < -0.3 is 9.84 Å². The quantitative estimate of drug-likeness (QED) is 0.395. The number of aliphatic hydroxyl groups excluding tert-OH is 1. The fourth-order valence-corrected chi connectivity index (χ4v) is 0.938. The first-order valence-electron chi connectivity index (χ1n) is 3.31. The van der Waals surface area contributed by atoms with Crippen LogP contribution in [0.15, 0.2) is 0 Å². The number of carbonyl (C=O) groups excluding carboxylic acids is 1. The maximum atomic E-state index is 10.7. The smallest absolute Gasteiger partial charge is 0.323 e. The third-order valence-corrected chi connectivity index (χ3v) is 1.38. The number of nitrogens with one attached hydrogen (secondary N) is 1. The highest BCUT2D eigenvalue weighted by Crippen LogP contribution is 2.05. The molecule has 1 saturated heterocycles. The zero-order chi connectivity index (χ0) is 7.56. The Labute approximate surface area is 59.2 Å². The zero-order valence-corrected chi connectivity index (χ0v) is 5.83. The minimum Gasteiger partial charge on any atom is -0.464 e. The molecule has 0 aromatic carbocycles. The van der Waals surface area contributed by atoms with E-state index < -0.39 is 6.23 Å². The fourth-order valence-electron chi connectivity index (χ4n) is 0.938. The number of rotatable bonds is 2. The summed E-state index contributed by atoms with van der Waals surface area (Å²) < 4.78 is 4.65. The lowest BCUT2D eigenvalue weighted by Gasteiger charge is -2.09. The van der Waals surface area contributed by atoms with Gasteiger partial charge in [-0.15, -0.1) is 0 Å². The van der Waals surface area contributed by atoms with Crippen molar-refractivity contribution in [3.63, 3.8) is 0 Å². The highest BCUT2D eigenvalue weighted by Gasteiger charge is 2.26. The molecule has 0 saturated carbocycles. The van der Waals surface area contributed by atoms with Crippen LogP contribution in [0.25, 0.3) is 0 Å². The van der Waals surface area contributed by atoms with Crippen LogP contribution in [0.4, 0.5) is 0 Å². The third kappa shape index (κ3) is 1.68. The number of hydrogen-bond acceptors (Lipinski definition) is 4. The number of esters is 1. The van der Waals surface area contributed by atoms with Gasteiger partial charge in [-0.1, -0.05) is 0 Å². The Kier molecular flexibility index (Phi) is 2.24. The van der Waals surface area contributed by atoms with E-state index in [4.69, 9.17) is 5.11 Å². The Balaban J connectivity index is 2.33. The third-order valence-electron chi connectivity index (χ3n) is 1.38. The summed E-state index contributed by atoms with van der Waals surface area (Å²) in [5.74, 6) is -0.263. The van der Waals surface area contributed by atoms with Crippen molar-refractivity contribution in [3.05, 3.63) is 0 Å². The molecule has 0 aromatic heterocycles. The predicted octanol–water partition coefficient (Wildman–Crippen LogP) is -0.770. The van der Waals surface area contributed by atoms with Gasteiger partial charge >= 0.3 is 5.97 Å². The molecule has 2 atom stereocenters. The number of aliphatic hydroxyl groups is 1. The second-order valence-electron chi connectivity index (χ2n) is 2.35. The standard InChI is InChI=1S/C6H11NO3/c1-4(8)7-5-2-3-10-6(5)9/h4-5,7-8H,2-3H2,1H3. The molecule has 1 fully saturated rings. The van der Waals surface area contributed by atoms with Crippen LogP contribution in [0.2, 0.25) is 0 Å². The maximum absolute atomic E-state index is 10.7. The van der Waals surface area contributed by atoms with Crippen LogP contribution in [0.3, 0.4) is 0 Å². The number of ether oxygens (including phenoxy) is 1. The number of cyclic esters (lactones) is 1. The van der Waals surface area contributed by atoms with Crippen LogP contribution in [-0.2, 0) is 9.53 Å². The van der Waals surface area contributed by atoms with Crippen molar-refractivity contribution in [2.24, 2.45) is 0 Å². The van der Waals surface area contributed by atoms with E-state index in [2.05, 4.69) is 10.1 Å². The summed E-state index contributed by atoms with van der Waals surface area (Å²) in [4.78, 5) is 10.7. The van der Waals surface area contributed by atoms with Crippen molar-refractivity contribution < 1.29 is 14.6 Å². The van der Waals surface area contributed by atoms with Gasteiger partial charge in [0, 0.05) is 6.42 Å². The first kappa shape index (κ1) is 7.50. The molecule has 0 bridgehead atoms. The molecular formula is C6H11NO3. The summed E-state index contributed by atoms with van der Waals surface area (Å²) in [6.07, 6.45) is 0.0136. The van der Waals surface area contributed by atoms with Crippen molar-refractivity contribution in [1.82, 2.24) is 5.32 Å². The average Bonchev–Trinajstić information content (AvgIpc) is 2.15. The predicted molar refractivity (Wildman–Crippen MR) is 34.2 cm³/mol. The van der Waals surface area contributed by atoms with E-state index in [1.165, 1.54) is 0 Å². The molecule has 1 aliphatic heterocycles. The fraction of sp³-hybridized carbons (Fsp3) is 0.833. The Hall–Kier alpha value is -0.610. The van der Waals surface area contributed by atoms with E-state index >= 15 is 0 Å². The summed E-state index contributed by atoms with van der Waals surface area (Å²) in [5, 5.41) is 11.5. The molecule has 2 N–H and O–H groups in total. The average molecular weight is 145 g/mol. The maximum Gasteiger partial charge on any atom is 0.323 e. The minimum atomic E-state index is -0.643. The molecule has 1 rings (SSSR count). The molecule has 1 heterocycles. The van der Waals surface area contributed by atoms with E-state index in [1.807, 2.05) is 0 Å². The summed E-state index contributed by atoms with van der Waals surface area (Å²) >= 11 is 0. The lowest BCUT2D eigenvalue weighted by molar-refractivity contribution is -0.140. The second kappa shape index (κ2) is 2.98. The molecule has 58 valence electrons. The summed E-state index contributed by atoms with van der Waals surface area (Å²) in [6.45, 7) is 2.04. The van der Waals surface area contributed by atoms with Crippen LogP contribution in [0.5, 0.6) is 0 Å². The van der Waals surface area contributed by atoms with Gasteiger partial charge in [-0.3, -0.25) is 10.1 Å². The Morgan fingerprint density at radius 1 is 1.90 bits per heavy atom. The van der Waals surface area contributed by atoms with Gasteiger partial charge in [0.15, 0.2) is 0 Å². The van der Waals surface area contributed by atoms with E-state index in [9.17, 15) is 4.79 Å². The molecule has 0 aromatic rings. The lowest BCUT2D eigenvalue weighted by Crippen LogP contribution is -2.39. The van der Waals surface area contributed by atoms with Crippen molar-refractivity contribution in [1.29, 1.82) is 0 Å². The van der Waals surface area contributed by atoms with Crippen LogP contribution in [0, 0.1) is 0 Å². The van der Waals surface area contributed by atoms with Gasteiger partial charge in [0.25, 0.3) is 0 Å². The van der Waals surface area contributed by atoms with E-state index in [-0.39, 0.29) is 12.0 Å². The highest BCUT2D eigenvalue weighted by molar-refractivity contribution is 5.77. The van der Waals surface area contributed by atoms with E-state index in [0.717, 1.165) is 0 Å². The summed E-state index contributed by atoms with van der Waals surface area (Å²) in [5.41, 5.74) is 0. The van der Waals surface area contributed by atoms with Crippen LogP contribution < -0.4 is 5.32 Å². The van der Waals surface area contributed by atoms with Gasteiger partial charge in [0.1, 0.15) is 12.3 Å². The highest BCUT2D eigenvalue weighted by atomic mass is 16.5. The van der Waals surface area contributed by atoms with Crippen molar-refractivity contribution in [2.75, 3.05) is 6.61 Å². The van der Waals surface area contributed by atoms with Crippen LogP contribution in [-0.4, -0.2) is 30.0 Å². The SMILES string of the molecule is CC(O)NC1CCOC1=O. The minimum absolute atomic E-state index is 0.263. The van der Waals surface area contributed by atoms with E-state index in [1.54, 1.807) is 6.92 Å². The molecule has 10 heavy (non-hydrogen) atoms. The monoisotopic (exact) mass is 145 g/mol. The number of carbonyl (C=O) groups is 1. The number of hydrogen-bond donors (Lipinski definition) is 2. The normalized spacial score (nSPS) is 28.2.